The first-order chi connectivity index (χ1) is 13.0. The highest BCUT2D eigenvalue weighted by Crippen LogP contribution is 2.20. The fourth-order valence-corrected chi connectivity index (χ4v) is 2.99. The molecule has 0 radical (unpaired) electrons. The summed E-state index contributed by atoms with van der Waals surface area (Å²) in [6, 6.07) is -0.861. The van der Waals surface area contributed by atoms with Crippen molar-refractivity contribution in [3.05, 3.63) is 32.6 Å². The van der Waals surface area contributed by atoms with Crippen LogP contribution in [0.2, 0.25) is 0 Å². The average Bonchev–Trinajstić information content (AvgIpc) is 2.60. The molecule has 0 bridgehead atoms. The number of hydrogen-bond acceptors (Lipinski definition) is 7. The molecule has 0 aromatic carbocycles. The molecule has 160 valence electrons. The summed E-state index contributed by atoms with van der Waals surface area (Å²) in [4.78, 5) is 37.0. The van der Waals surface area contributed by atoms with Gasteiger partial charge in [-0.05, 0) is 34.6 Å². The van der Waals surface area contributed by atoms with Crippen molar-refractivity contribution >= 4 is 14.1 Å². The third kappa shape index (κ3) is 7.67. The number of ether oxygens (including phenoxy) is 2. The maximum absolute atomic E-state index is 13.2. The zero-order valence-electron chi connectivity index (χ0n) is 16.5. The standard InChI is InChI=1S/C16H27FN3O7P/c1-9(2)26-15(22)11(4)19-28(24)25-8-13(6-17)27-12(5)20-7-10(3)14(21)18-16(20)23/h7,9,11-13,28H,6,8H2,1-5H3,(H,19,24)(H,18,21,23)/t11-,12-,13+/m0/s1. The van der Waals surface area contributed by atoms with Gasteiger partial charge in [0.25, 0.3) is 13.7 Å². The van der Waals surface area contributed by atoms with Crippen LogP contribution in [0.15, 0.2) is 15.8 Å². The van der Waals surface area contributed by atoms with Crippen molar-refractivity contribution < 1.29 is 27.7 Å². The largest absolute Gasteiger partial charge is 0.462 e. The Labute approximate surface area is 162 Å². The summed E-state index contributed by atoms with van der Waals surface area (Å²) in [5.41, 5.74) is -0.928. The van der Waals surface area contributed by atoms with Crippen LogP contribution in [0.25, 0.3) is 0 Å². The van der Waals surface area contributed by atoms with Crippen LogP contribution in [-0.2, 0) is 23.4 Å². The van der Waals surface area contributed by atoms with Crippen molar-refractivity contribution in [3.8, 4) is 0 Å². The van der Waals surface area contributed by atoms with Gasteiger partial charge in [0, 0.05) is 11.8 Å². The summed E-state index contributed by atoms with van der Waals surface area (Å²) in [5, 5.41) is 2.45. The monoisotopic (exact) mass is 423 g/mol. The molecule has 4 atom stereocenters. The number of rotatable bonds is 11. The highest BCUT2D eigenvalue weighted by atomic mass is 31.1. The van der Waals surface area contributed by atoms with Gasteiger partial charge in [-0.15, -0.1) is 0 Å². The number of carbonyl (C=O) groups is 1. The summed E-state index contributed by atoms with van der Waals surface area (Å²) in [6.45, 7) is 6.52. The van der Waals surface area contributed by atoms with E-state index >= 15 is 0 Å². The van der Waals surface area contributed by atoms with Crippen LogP contribution in [-0.4, -0.2) is 47.1 Å². The molecular formula is C16H27FN3O7P. The number of halogens is 1. The van der Waals surface area contributed by atoms with E-state index in [4.69, 9.17) is 14.0 Å². The Morgan fingerprint density at radius 1 is 1.32 bits per heavy atom. The van der Waals surface area contributed by atoms with Crippen molar-refractivity contribution in [3.63, 3.8) is 0 Å². The van der Waals surface area contributed by atoms with Crippen LogP contribution >= 0.6 is 8.18 Å². The van der Waals surface area contributed by atoms with Gasteiger partial charge in [-0.3, -0.25) is 23.7 Å². The Hall–Kier alpha value is -1.81. The zero-order chi connectivity index (χ0) is 21.4. The summed E-state index contributed by atoms with van der Waals surface area (Å²) in [5.74, 6) is -0.586. The van der Waals surface area contributed by atoms with Crippen molar-refractivity contribution in [2.75, 3.05) is 13.3 Å². The summed E-state index contributed by atoms with van der Waals surface area (Å²) >= 11 is 0. The first kappa shape index (κ1) is 24.2. The topological polar surface area (TPSA) is 129 Å². The molecule has 0 saturated carbocycles. The van der Waals surface area contributed by atoms with Crippen LogP contribution in [0, 0.1) is 6.92 Å². The number of esters is 1. The summed E-state index contributed by atoms with van der Waals surface area (Å²) < 4.78 is 41.7. The molecule has 1 heterocycles. The van der Waals surface area contributed by atoms with Crippen molar-refractivity contribution in [1.82, 2.24) is 14.6 Å². The highest BCUT2D eigenvalue weighted by Gasteiger charge is 2.20. The van der Waals surface area contributed by atoms with E-state index < -0.39 is 50.4 Å². The Bertz CT molecular complexity index is 795. The van der Waals surface area contributed by atoms with Gasteiger partial charge in [-0.1, -0.05) is 0 Å². The third-order valence-corrected chi connectivity index (χ3v) is 4.64. The van der Waals surface area contributed by atoms with Gasteiger partial charge < -0.3 is 14.0 Å². The number of alkyl halides is 1. The lowest BCUT2D eigenvalue weighted by molar-refractivity contribution is -0.149. The molecule has 0 spiro atoms. The zero-order valence-corrected chi connectivity index (χ0v) is 17.5. The fraction of sp³-hybridized carbons (Fsp3) is 0.688. The second-order valence-corrected chi connectivity index (χ2v) is 7.59. The highest BCUT2D eigenvalue weighted by molar-refractivity contribution is 7.36. The predicted molar refractivity (Wildman–Crippen MR) is 100 cm³/mol. The molecule has 28 heavy (non-hydrogen) atoms. The first-order valence-electron chi connectivity index (χ1n) is 8.72. The number of nitrogens with one attached hydrogen (secondary N) is 2. The van der Waals surface area contributed by atoms with Gasteiger partial charge >= 0.3 is 11.7 Å². The van der Waals surface area contributed by atoms with Crippen molar-refractivity contribution in [2.45, 2.75) is 59.1 Å². The molecule has 1 aromatic heterocycles. The number of carbonyl (C=O) groups excluding carboxylic acids is 1. The van der Waals surface area contributed by atoms with Crippen LogP contribution in [0.5, 0.6) is 0 Å². The molecule has 0 amide bonds. The van der Waals surface area contributed by atoms with Crippen LogP contribution in [0.3, 0.4) is 0 Å². The Morgan fingerprint density at radius 3 is 2.54 bits per heavy atom. The van der Waals surface area contributed by atoms with Crippen LogP contribution in [0.4, 0.5) is 4.39 Å². The van der Waals surface area contributed by atoms with E-state index in [-0.39, 0.29) is 12.7 Å². The van der Waals surface area contributed by atoms with Gasteiger partial charge in [-0.25, -0.2) is 14.3 Å². The molecular weight excluding hydrogens is 396 g/mol. The molecule has 0 fully saturated rings. The number of aromatic nitrogens is 2. The van der Waals surface area contributed by atoms with Gasteiger partial charge in [0.1, 0.15) is 25.0 Å². The first-order valence-corrected chi connectivity index (χ1v) is 10.0. The van der Waals surface area contributed by atoms with E-state index in [1.165, 1.54) is 27.0 Å². The molecule has 2 N–H and O–H groups in total. The molecule has 0 aliphatic rings. The minimum absolute atomic E-state index is 0.291. The lowest BCUT2D eigenvalue weighted by atomic mass is 10.4. The van der Waals surface area contributed by atoms with Gasteiger partial charge in [-0.2, -0.15) is 0 Å². The van der Waals surface area contributed by atoms with E-state index in [9.17, 15) is 23.3 Å². The Kier molecular flexibility index (Phi) is 9.74. The number of aryl methyl sites for hydroxylation is 1. The maximum atomic E-state index is 13.2. The van der Waals surface area contributed by atoms with E-state index in [1.54, 1.807) is 13.8 Å². The van der Waals surface area contributed by atoms with Gasteiger partial charge in [0.2, 0.25) is 0 Å². The summed E-state index contributed by atoms with van der Waals surface area (Å²) in [7, 11) is -2.86. The van der Waals surface area contributed by atoms with Gasteiger partial charge in [0.15, 0.2) is 0 Å². The summed E-state index contributed by atoms with van der Waals surface area (Å²) in [6.07, 6.45) is -1.02. The predicted octanol–water partition coefficient (Wildman–Crippen LogP) is 1.05. The minimum Gasteiger partial charge on any atom is -0.462 e. The number of hydrogen-bond donors (Lipinski definition) is 2. The van der Waals surface area contributed by atoms with E-state index in [2.05, 4.69) is 10.1 Å². The second-order valence-electron chi connectivity index (χ2n) is 6.44. The van der Waals surface area contributed by atoms with E-state index in [0.717, 1.165) is 4.57 Å². The quantitative estimate of drug-likeness (QED) is 0.399. The van der Waals surface area contributed by atoms with Crippen LogP contribution < -0.4 is 16.3 Å². The van der Waals surface area contributed by atoms with E-state index in [0.29, 0.717) is 5.56 Å². The average molecular weight is 423 g/mol. The lowest BCUT2D eigenvalue weighted by Crippen LogP contribution is -2.36. The SMILES string of the molecule is Cc1cn([C@H](C)O[C@H](CF)CO[PH](=O)N[C@@H](C)C(=O)OC(C)C)c(=O)[nH]c1=O. The lowest BCUT2D eigenvalue weighted by Gasteiger charge is -2.22. The molecule has 0 aliphatic heterocycles. The molecule has 10 nitrogen and oxygen atoms in total. The van der Waals surface area contributed by atoms with Gasteiger partial charge in [0.05, 0.1) is 12.7 Å². The Balaban J connectivity index is 2.59. The second kappa shape index (κ2) is 11.3. The third-order valence-electron chi connectivity index (χ3n) is 3.54. The fourth-order valence-electron chi connectivity index (χ4n) is 2.10. The van der Waals surface area contributed by atoms with Crippen LogP contribution in [0.1, 0.15) is 39.5 Å². The molecule has 0 aliphatic carbocycles. The molecule has 0 saturated heterocycles. The number of H-pyrrole nitrogens is 1. The van der Waals surface area contributed by atoms with Crippen molar-refractivity contribution in [1.29, 1.82) is 0 Å². The molecule has 1 rings (SSSR count). The number of nitrogens with zero attached hydrogens (tertiary/aromatic N) is 1. The normalized spacial score (nSPS) is 15.8. The maximum Gasteiger partial charge on any atom is 0.330 e. The minimum atomic E-state index is -2.86. The van der Waals surface area contributed by atoms with E-state index in [1.807, 2.05) is 0 Å². The Morgan fingerprint density at radius 2 is 1.96 bits per heavy atom. The smallest absolute Gasteiger partial charge is 0.330 e. The molecule has 12 heteroatoms. The van der Waals surface area contributed by atoms with Crippen molar-refractivity contribution in [2.24, 2.45) is 0 Å². The molecule has 1 unspecified atom stereocenters. The number of aromatic amines is 1. The molecule has 1 aromatic rings.